The van der Waals surface area contributed by atoms with Gasteiger partial charge in [0.1, 0.15) is 17.9 Å². The highest BCUT2D eigenvalue weighted by Gasteiger charge is 2.74. The van der Waals surface area contributed by atoms with Gasteiger partial charge in [0.2, 0.25) is 17.4 Å². The van der Waals surface area contributed by atoms with Crippen molar-refractivity contribution in [2.45, 2.75) is 44.3 Å². The number of hydrogen-bond donors (Lipinski definition) is 2. The summed E-state index contributed by atoms with van der Waals surface area (Å²) in [5.74, 6) is -0.746. The van der Waals surface area contributed by atoms with Crippen molar-refractivity contribution in [1.29, 1.82) is 0 Å². The maximum atomic E-state index is 13.5. The number of imide groups is 1. The molecule has 0 aromatic heterocycles. The second-order valence-electron chi connectivity index (χ2n) is 8.67. The van der Waals surface area contributed by atoms with E-state index in [1.54, 1.807) is 11.8 Å². The summed E-state index contributed by atoms with van der Waals surface area (Å²) >= 11 is 1.72. The average molecular weight is 389 g/mol. The van der Waals surface area contributed by atoms with E-state index in [1.165, 1.54) is 4.90 Å². The molecule has 3 aliphatic heterocycles. The van der Waals surface area contributed by atoms with Gasteiger partial charge in [-0.3, -0.25) is 19.3 Å². The maximum absolute atomic E-state index is 13.5. The fraction of sp³-hybridized carbons (Fsp3) is 0.550. The van der Waals surface area contributed by atoms with Crippen molar-refractivity contribution in [2.24, 2.45) is 11.8 Å². The highest BCUT2D eigenvalue weighted by Crippen LogP contribution is 2.50. The lowest BCUT2D eigenvalue weighted by Crippen LogP contribution is -2.99. The Morgan fingerprint density at radius 2 is 1.89 bits per heavy atom. The molecule has 2 saturated heterocycles. The molecule has 144 valence electrons. The molecule has 1 aromatic carbocycles. The summed E-state index contributed by atoms with van der Waals surface area (Å²) in [5.41, 5.74) is -0.0684. The van der Waals surface area contributed by atoms with Gasteiger partial charge >= 0.3 is 0 Å². The zero-order valence-corrected chi connectivity index (χ0v) is 16.9. The van der Waals surface area contributed by atoms with Crippen molar-refractivity contribution in [1.82, 2.24) is 4.90 Å². The first-order chi connectivity index (χ1) is 12.7. The molecule has 2 fully saturated rings. The first kappa shape index (κ1) is 18.5. The van der Waals surface area contributed by atoms with E-state index in [0.717, 1.165) is 23.4 Å². The lowest BCUT2D eigenvalue weighted by atomic mass is 9.76. The second kappa shape index (κ2) is 6.07. The van der Waals surface area contributed by atoms with E-state index in [2.05, 4.69) is 5.32 Å². The molecule has 0 bridgehead atoms. The summed E-state index contributed by atoms with van der Waals surface area (Å²) in [6.45, 7) is 5.62. The van der Waals surface area contributed by atoms with Gasteiger partial charge in [-0.2, -0.15) is 11.8 Å². The molecule has 1 spiro atoms. The van der Waals surface area contributed by atoms with E-state index in [-0.39, 0.29) is 23.8 Å². The number of para-hydroxylation sites is 1. The molecule has 0 unspecified atom stereocenters. The molecule has 6 nitrogen and oxygen atoms in total. The van der Waals surface area contributed by atoms with Crippen molar-refractivity contribution < 1.29 is 19.7 Å². The van der Waals surface area contributed by atoms with E-state index in [9.17, 15) is 14.4 Å². The Balaban J connectivity index is 1.87. The SMILES string of the molecule is CSCC[C@H]1[NH2+][C@@]2(C(=O)Nc3ccccc32)[C@H]2C(=O)N(C(C)(C)C)C(=O)[C@H]12. The molecule has 0 radical (unpaired) electrons. The number of thioether (sulfide) groups is 1. The van der Waals surface area contributed by atoms with Gasteiger partial charge < -0.3 is 10.6 Å². The number of carbonyl (C=O) groups excluding carboxylic acids is 3. The van der Waals surface area contributed by atoms with Crippen molar-refractivity contribution >= 4 is 35.2 Å². The summed E-state index contributed by atoms with van der Waals surface area (Å²) in [6.07, 6.45) is 2.82. The molecular weight excluding hydrogens is 362 g/mol. The monoisotopic (exact) mass is 388 g/mol. The molecule has 1 aromatic rings. The molecule has 4 atom stereocenters. The summed E-state index contributed by atoms with van der Waals surface area (Å²) in [4.78, 5) is 41.4. The predicted molar refractivity (Wildman–Crippen MR) is 104 cm³/mol. The topological polar surface area (TPSA) is 83.1 Å². The van der Waals surface area contributed by atoms with Crippen LogP contribution < -0.4 is 10.6 Å². The quantitative estimate of drug-likeness (QED) is 0.755. The van der Waals surface area contributed by atoms with Crippen molar-refractivity contribution in [3.8, 4) is 0 Å². The number of quaternary nitrogens is 1. The maximum Gasteiger partial charge on any atom is 0.291 e. The summed E-state index contributed by atoms with van der Waals surface area (Å²) in [6, 6.07) is 7.46. The number of nitrogens with zero attached hydrogens (tertiary/aromatic N) is 1. The third kappa shape index (κ3) is 2.41. The average Bonchev–Trinajstić information content (AvgIpc) is 3.17. The lowest BCUT2D eigenvalue weighted by Gasteiger charge is -2.33. The van der Waals surface area contributed by atoms with Gasteiger partial charge in [-0.25, -0.2) is 0 Å². The van der Waals surface area contributed by atoms with Crippen LogP contribution in [0.2, 0.25) is 0 Å². The number of benzene rings is 1. The number of amides is 3. The van der Waals surface area contributed by atoms with Crippen LogP contribution in [0.25, 0.3) is 0 Å². The Labute approximate surface area is 163 Å². The summed E-state index contributed by atoms with van der Waals surface area (Å²) in [5, 5.41) is 4.96. The predicted octanol–water partition coefficient (Wildman–Crippen LogP) is 0.932. The number of nitrogens with two attached hydrogens (primary N) is 1. The van der Waals surface area contributed by atoms with E-state index >= 15 is 0 Å². The van der Waals surface area contributed by atoms with E-state index in [0.29, 0.717) is 0 Å². The van der Waals surface area contributed by atoms with Gasteiger partial charge in [0, 0.05) is 17.5 Å². The van der Waals surface area contributed by atoms with Gasteiger partial charge in [0.15, 0.2) is 0 Å². The number of carbonyl (C=O) groups is 3. The van der Waals surface area contributed by atoms with Crippen molar-refractivity contribution in [3.63, 3.8) is 0 Å². The normalized spacial score (nSPS) is 32.2. The summed E-state index contributed by atoms with van der Waals surface area (Å²) < 4.78 is 0. The standard InChI is InChI=1S/C20H25N3O3S/c1-19(2,3)23-16(24)14-13(9-10-27-4)22-20(15(14)17(23)25)11-7-5-6-8-12(11)21-18(20)26/h5-8,13-15,22H,9-10H2,1-4H3,(H,21,26)/p+1/t13-,14-,15-,20-/m1/s1. The van der Waals surface area contributed by atoms with Gasteiger partial charge in [-0.15, -0.1) is 0 Å². The smallest absolute Gasteiger partial charge is 0.291 e. The minimum absolute atomic E-state index is 0.0804. The van der Waals surface area contributed by atoms with Crippen LogP contribution in [0.4, 0.5) is 5.69 Å². The summed E-state index contributed by atoms with van der Waals surface area (Å²) in [7, 11) is 0. The van der Waals surface area contributed by atoms with Gasteiger partial charge in [-0.05, 0) is 38.8 Å². The van der Waals surface area contributed by atoms with Crippen LogP contribution in [-0.2, 0) is 19.9 Å². The van der Waals surface area contributed by atoms with Crippen LogP contribution >= 0.6 is 11.8 Å². The van der Waals surface area contributed by atoms with Crippen LogP contribution in [0.3, 0.4) is 0 Å². The number of anilines is 1. The molecule has 3 heterocycles. The Hall–Kier alpha value is -1.86. The Kier molecular flexibility index (Phi) is 4.16. The number of likely N-dealkylation sites (tertiary alicyclic amines) is 1. The third-order valence-corrected chi connectivity index (χ3v) is 6.75. The number of rotatable bonds is 3. The molecule has 4 rings (SSSR count). The van der Waals surface area contributed by atoms with E-state index < -0.39 is 22.9 Å². The number of fused-ring (bicyclic) bond motifs is 4. The fourth-order valence-electron chi connectivity index (χ4n) is 5.10. The molecule has 0 saturated carbocycles. The first-order valence-corrected chi connectivity index (χ1v) is 10.8. The van der Waals surface area contributed by atoms with E-state index in [4.69, 9.17) is 0 Å². The Morgan fingerprint density at radius 1 is 1.19 bits per heavy atom. The minimum Gasteiger partial charge on any atom is -0.326 e. The van der Waals surface area contributed by atoms with Gasteiger partial charge in [-0.1, -0.05) is 18.2 Å². The van der Waals surface area contributed by atoms with Gasteiger partial charge in [0.25, 0.3) is 5.91 Å². The molecule has 0 aliphatic carbocycles. The molecule has 3 N–H and O–H groups in total. The van der Waals surface area contributed by atoms with Crippen LogP contribution in [0.15, 0.2) is 24.3 Å². The van der Waals surface area contributed by atoms with Crippen LogP contribution in [0.5, 0.6) is 0 Å². The largest absolute Gasteiger partial charge is 0.326 e. The second-order valence-corrected chi connectivity index (χ2v) is 9.65. The zero-order chi connectivity index (χ0) is 19.6. The highest BCUT2D eigenvalue weighted by atomic mass is 32.2. The third-order valence-electron chi connectivity index (χ3n) is 6.10. The minimum atomic E-state index is -1.04. The highest BCUT2D eigenvalue weighted by molar-refractivity contribution is 7.98. The number of hydrogen-bond acceptors (Lipinski definition) is 4. The molecule has 7 heteroatoms. The number of nitrogens with one attached hydrogen (secondary N) is 1. The van der Waals surface area contributed by atoms with E-state index in [1.807, 2.05) is 56.6 Å². The molecular formula is C20H26N3O3S+. The Morgan fingerprint density at radius 3 is 2.56 bits per heavy atom. The van der Waals surface area contributed by atoms with Crippen LogP contribution in [0.1, 0.15) is 32.8 Å². The molecule has 27 heavy (non-hydrogen) atoms. The van der Waals surface area contributed by atoms with Crippen LogP contribution in [-0.4, -0.2) is 46.2 Å². The van der Waals surface area contributed by atoms with Gasteiger partial charge in [0.05, 0.1) is 5.69 Å². The Bertz CT molecular complexity index is 834. The fourth-order valence-corrected chi connectivity index (χ4v) is 5.61. The zero-order valence-electron chi connectivity index (χ0n) is 16.1. The van der Waals surface area contributed by atoms with Crippen molar-refractivity contribution in [2.75, 3.05) is 17.3 Å². The first-order valence-electron chi connectivity index (χ1n) is 9.37. The lowest BCUT2D eigenvalue weighted by molar-refractivity contribution is -0.733. The van der Waals surface area contributed by atoms with Crippen molar-refractivity contribution in [3.05, 3.63) is 29.8 Å². The molecule has 3 aliphatic rings. The van der Waals surface area contributed by atoms with Crippen LogP contribution in [0, 0.1) is 11.8 Å². The molecule has 3 amide bonds.